The molecule has 4 nitrogen and oxygen atoms in total. The fourth-order valence-corrected chi connectivity index (χ4v) is 4.05. The summed E-state index contributed by atoms with van der Waals surface area (Å²) in [6, 6.07) is 11.9. The molecule has 26 heavy (non-hydrogen) atoms. The second-order valence-corrected chi connectivity index (χ2v) is 7.54. The second kappa shape index (κ2) is 8.73. The number of hydrogen-bond acceptors (Lipinski definition) is 4. The molecule has 1 aromatic carbocycles. The van der Waals surface area contributed by atoms with Crippen molar-refractivity contribution in [1.82, 2.24) is 10.6 Å². The molecule has 0 aliphatic rings. The summed E-state index contributed by atoms with van der Waals surface area (Å²) >= 11 is 3.34. The summed E-state index contributed by atoms with van der Waals surface area (Å²) in [5, 5.41) is 9.28. The summed E-state index contributed by atoms with van der Waals surface area (Å²) in [5.74, 6) is -1.70. The molecule has 0 bridgehead atoms. The third-order valence-corrected chi connectivity index (χ3v) is 5.57. The molecule has 0 saturated heterocycles. The zero-order chi connectivity index (χ0) is 18.4. The lowest BCUT2D eigenvalue weighted by Crippen LogP contribution is -2.40. The van der Waals surface area contributed by atoms with Crippen molar-refractivity contribution < 1.29 is 14.0 Å². The zero-order valence-corrected chi connectivity index (χ0v) is 15.5. The van der Waals surface area contributed by atoms with Crippen LogP contribution in [-0.2, 0) is 22.6 Å². The number of rotatable bonds is 6. The van der Waals surface area contributed by atoms with Crippen LogP contribution in [0.3, 0.4) is 0 Å². The Bertz CT molecular complexity index is 873. The van der Waals surface area contributed by atoms with E-state index in [0.29, 0.717) is 13.0 Å². The highest BCUT2D eigenvalue weighted by atomic mass is 32.1. The molecular formula is C19H17FN2O2S2. The Kier molecular flexibility index (Phi) is 6.14. The number of amides is 2. The number of nitrogens with one attached hydrogen (secondary N) is 2. The predicted octanol–water partition coefficient (Wildman–Crippen LogP) is 3.59. The van der Waals surface area contributed by atoms with Gasteiger partial charge in [-0.25, -0.2) is 4.39 Å². The minimum absolute atomic E-state index is 0.182. The molecule has 134 valence electrons. The molecule has 2 aromatic heterocycles. The summed E-state index contributed by atoms with van der Waals surface area (Å²) in [4.78, 5) is 26.0. The van der Waals surface area contributed by atoms with E-state index in [1.807, 2.05) is 11.4 Å². The van der Waals surface area contributed by atoms with Crippen molar-refractivity contribution in [3.63, 3.8) is 0 Å². The third kappa shape index (κ3) is 5.00. The highest BCUT2D eigenvalue weighted by Crippen LogP contribution is 2.29. The first-order chi connectivity index (χ1) is 12.6. The Labute approximate surface area is 158 Å². The molecule has 0 fully saturated rings. The largest absolute Gasteiger partial charge is 0.347 e. The average Bonchev–Trinajstić information content (AvgIpc) is 3.32. The van der Waals surface area contributed by atoms with Crippen molar-refractivity contribution >= 4 is 34.5 Å². The Balaban J connectivity index is 1.40. The predicted molar refractivity (Wildman–Crippen MR) is 103 cm³/mol. The van der Waals surface area contributed by atoms with Crippen molar-refractivity contribution in [2.45, 2.75) is 13.0 Å². The molecule has 3 rings (SSSR count). The van der Waals surface area contributed by atoms with E-state index in [9.17, 15) is 14.0 Å². The minimum atomic E-state index is -0.695. The molecule has 0 radical (unpaired) electrons. The van der Waals surface area contributed by atoms with Gasteiger partial charge in [-0.3, -0.25) is 9.59 Å². The molecule has 3 aromatic rings. The molecule has 0 atom stereocenters. The normalized spacial score (nSPS) is 10.5. The summed E-state index contributed by atoms with van der Waals surface area (Å²) in [7, 11) is 0. The minimum Gasteiger partial charge on any atom is -0.347 e. The van der Waals surface area contributed by atoms with Gasteiger partial charge >= 0.3 is 11.8 Å². The van der Waals surface area contributed by atoms with Gasteiger partial charge in [0.25, 0.3) is 0 Å². The monoisotopic (exact) mass is 388 g/mol. The first-order valence-corrected chi connectivity index (χ1v) is 9.79. The third-order valence-electron chi connectivity index (χ3n) is 3.70. The fraction of sp³-hybridized carbons (Fsp3) is 0.158. The number of hydrogen-bond donors (Lipinski definition) is 2. The van der Waals surface area contributed by atoms with Crippen molar-refractivity contribution in [3.8, 4) is 10.4 Å². The maximum Gasteiger partial charge on any atom is 0.309 e. The molecule has 2 heterocycles. The molecule has 0 spiro atoms. The molecule has 0 aliphatic carbocycles. The van der Waals surface area contributed by atoms with Crippen LogP contribution >= 0.6 is 22.7 Å². The summed E-state index contributed by atoms with van der Waals surface area (Å²) in [6.07, 6.45) is 0.672. The highest BCUT2D eigenvalue weighted by Gasteiger charge is 2.12. The molecule has 0 unspecified atom stereocenters. The van der Waals surface area contributed by atoms with Crippen LogP contribution in [0.5, 0.6) is 0 Å². The summed E-state index contributed by atoms with van der Waals surface area (Å²) < 4.78 is 12.8. The van der Waals surface area contributed by atoms with E-state index in [2.05, 4.69) is 28.1 Å². The van der Waals surface area contributed by atoms with Crippen LogP contribution in [0.25, 0.3) is 10.4 Å². The van der Waals surface area contributed by atoms with Crippen molar-refractivity contribution in [2.24, 2.45) is 0 Å². The number of carbonyl (C=O) groups is 2. The van der Waals surface area contributed by atoms with Crippen molar-refractivity contribution in [1.29, 1.82) is 0 Å². The number of thiophene rings is 2. The summed E-state index contributed by atoms with van der Waals surface area (Å²) in [6.45, 7) is 0.577. The second-order valence-electron chi connectivity index (χ2n) is 5.59. The number of carbonyl (C=O) groups excluding carboxylic acids is 2. The van der Waals surface area contributed by atoms with Crippen LogP contribution in [0.15, 0.2) is 53.2 Å². The standard InChI is InChI=1S/C19H17FN2O2S2/c20-15-3-1-13(2-4-15)11-22-19(24)18(23)21-9-7-16-5-6-17(26-16)14-8-10-25-12-14/h1-6,8,10,12H,7,9,11H2,(H,21,23)(H,22,24). The van der Waals surface area contributed by atoms with Crippen molar-refractivity contribution in [3.05, 3.63) is 69.5 Å². The maximum atomic E-state index is 12.8. The van der Waals surface area contributed by atoms with Gasteiger partial charge in [-0.15, -0.1) is 11.3 Å². The van der Waals surface area contributed by atoms with Gasteiger partial charge in [0, 0.05) is 28.4 Å². The quantitative estimate of drug-likeness (QED) is 0.634. The fourth-order valence-electron chi connectivity index (χ4n) is 2.32. The summed E-state index contributed by atoms with van der Waals surface area (Å²) in [5.41, 5.74) is 1.93. The Morgan fingerprint density at radius 3 is 2.46 bits per heavy atom. The average molecular weight is 388 g/mol. The zero-order valence-electron chi connectivity index (χ0n) is 13.8. The van der Waals surface area contributed by atoms with E-state index in [-0.39, 0.29) is 12.4 Å². The smallest absolute Gasteiger partial charge is 0.309 e. The molecule has 2 amide bonds. The van der Waals surface area contributed by atoms with Gasteiger partial charge in [0.2, 0.25) is 0 Å². The topological polar surface area (TPSA) is 58.2 Å². The van der Waals surface area contributed by atoms with Gasteiger partial charge in [0.15, 0.2) is 0 Å². The van der Waals surface area contributed by atoms with E-state index >= 15 is 0 Å². The molecule has 0 aliphatic heterocycles. The highest BCUT2D eigenvalue weighted by molar-refractivity contribution is 7.16. The Morgan fingerprint density at radius 2 is 1.73 bits per heavy atom. The van der Waals surface area contributed by atoms with Gasteiger partial charge in [-0.2, -0.15) is 11.3 Å². The first kappa shape index (κ1) is 18.3. The van der Waals surface area contributed by atoms with Crippen molar-refractivity contribution in [2.75, 3.05) is 6.54 Å². The lowest BCUT2D eigenvalue weighted by molar-refractivity contribution is -0.139. The van der Waals surface area contributed by atoms with Gasteiger partial charge in [-0.1, -0.05) is 12.1 Å². The Hall–Kier alpha value is -2.51. The van der Waals surface area contributed by atoms with E-state index in [1.165, 1.54) is 22.6 Å². The van der Waals surface area contributed by atoms with Crippen LogP contribution in [0.1, 0.15) is 10.4 Å². The molecular weight excluding hydrogens is 371 g/mol. The number of halogens is 1. The van der Waals surface area contributed by atoms with Gasteiger partial charge in [0.05, 0.1) is 0 Å². The van der Waals surface area contributed by atoms with Gasteiger partial charge in [-0.05, 0) is 53.1 Å². The SMILES string of the molecule is O=C(NCCc1ccc(-c2ccsc2)s1)C(=O)NCc1ccc(F)cc1. The molecule has 7 heteroatoms. The first-order valence-electron chi connectivity index (χ1n) is 8.03. The van der Waals surface area contributed by atoms with Crippen LogP contribution in [-0.4, -0.2) is 18.4 Å². The number of benzene rings is 1. The molecule has 2 N–H and O–H groups in total. The van der Waals surface area contributed by atoms with Crippen LogP contribution in [0.2, 0.25) is 0 Å². The van der Waals surface area contributed by atoms with Crippen LogP contribution in [0, 0.1) is 5.82 Å². The lowest BCUT2D eigenvalue weighted by atomic mass is 10.2. The van der Waals surface area contributed by atoms with Gasteiger partial charge < -0.3 is 10.6 Å². The Morgan fingerprint density at radius 1 is 0.962 bits per heavy atom. The van der Waals surface area contributed by atoms with E-state index < -0.39 is 11.8 Å². The van der Waals surface area contributed by atoms with Crippen LogP contribution in [0.4, 0.5) is 4.39 Å². The van der Waals surface area contributed by atoms with E-state index in [1.54, 1.807) is 34.8 Å². The van der Waals surface area contributed by atoms with E-state index in [4.69, 9.17) is 0 Å². The molecule has 0 saturated carbocycles. The van der Waals surface area contributed by atoms with Crippen LogP contribution < -0.4 is 10.6 Å². The van der Waals surface area contributed by atoms with E-state index in [0.717, 1.165) is 10.4 Å². The lowest BCUT2D eigenvalue weighted by Gasteiger charge is -2.06. The maximum absolute atomic E-state index is 12.8. The van der Waals surface area contributed by atoms with Gasteiger partial charge in [0.1, 0.15) is 5.82 Å².